The molecule has 7 nitrogen and oxygen atoms in total. The van der Waals surface area contributed by atoms with E-state index in [-0.39, 0.29) is 23.2 Å². The Bertz CT molecular complexity index is 596. The predicted octanol–water partition coefficient (Wildman–Crippen LogP) is 1.39. The van der Waals surface area contributed by atoms with Crippen molar-refractivity contribution in [2.24, 2.45) is 0 Å². The molecule has 0 bridgehead atoms. The van der Waals surface area contributed by atoms with E-state index in [1.54, 1.807) is 0 Å². The minimum atomic E-state index is -3.73. The third-order valence-corrected chi connectivity index (χ3v) is 5.04. The first-order chi connectivity index (χ1) is 9.41. The van der Waals surface area contributed by atoms with Crippen LogP contribution in [0.25, 0.3) is 0 Å². The van der Waals surface area contributed by atoms with Gasteiger partial charge < -0.3 is 4.74 Å². The van der Waals surface area contributed by atoms with Crippen molar-refractivity contribution in [3.8, 4) is 0 Å². The minimum absolute atomic E-state index is 0.0767. The number of benzene rings is 1. The van der Waals surface area contributed by atoms with Gasteiger partial charge in [-0.05, 0) is 18.9 Å². The van der Waals surface area contributed by atoms with Crippen LogP contribution in [-0.2, 0) is 14.8 Å². The van der Waals surface area contributed by atoms with Gasteiger partial charge >= 0.3 is 0 Å². The molecule has 8 heteroatoms. The lowest BCUT2D eigenvalue weighted by Crippen LogP contribution is -2.34. The largest absolute Gasteiger partial charge is 0.377 e. The number of hydrogen-bond donors (Lipinski definition) is 0. The van der Waals surface area contributed by atoms with Gasteiger partial charge in [-0.25, -0.2) is 8.42 Å². The lowest BCUT2D eigenvalue weighted by Gasteiger charge is -2.20. The molecule has 1 fully saturated rings. The van der Waals surface area contributed by atoms with Crippen LogP contribution in [0.15, 0.2) is 29.2 Å². The molecular formula is C12H16N2O5S. The summed E-state index contributed by atoms with van der Waals surface area (Å²) < 4.78 is 31.3. The van der Waals surface area contributed by atoms with Crippen molar-refractivity contribution in [1.29, 1.82) is 0 Å². The molecule has 1 aromatic carbocycles. The van der Waals surface area contributed by atoms with Gasteiger partial charge in [0.2, 0.25) is 10.0 Å². The van der Waals surface area contributed by atoms with Gasteiger partial charge in [0.15, 0.2) is 0 Å². The van der Waals surface area contributed by atoms with Gasteiger partial charge in [0, 0.05) is 32.3 Å². The first kappa shape index (κ1) is 14.9. The SMILES string of the molecule is CN(CC1CCCO1)S(=O)(=O)c1cccc([N+](=O)[O-])c1. The maximum atomic E-state index is 12.3. The van der Waals surface area contributed by atoms with E-state index in [1.807, 2.05) is 0 Å². The summed E-state index contributed by atoms with van der Waals surface area (Å²) in [6.07, 6.45) is 1.65. The van der Waals surface area contributed by atoms with Gasteiger partial charge in [-0.15, -0.1) is 0 Å². The van der Waals surface area contributed by atoms with Crippen molar-refractivity contribution in [2.75, 3.05) is 20.2 Å². The minimum Gasteiger partial charge on any atom is -0.377 e. The molecule has 1 heterocycles. The lowest BCUT2D eigenvalue weighted by molar-refractivity contribution is -0.385. The molecule has 0 amide bonds. The second-order valence-electron chi connectivity index (χ2n) is 4.68. The fourth-order valence-electron chi connectivity index (χ4n) is 2.11. The Morgan fingerprint density at radius 3 is 2.85 bits per heavy atom. The smallest absolute Gasteiger partial charge is 0.270 e. The Labute approximate surface area is 117 Å². The molecule has 0 saturated carbocycles. The molecule has 2 rings (SSSR count). The maximum Gasteiger partial charge on any atom is 0.270 e. The highest BCUT2D eigenvalue weighted by Gasteiger charge is 2.27. The third kappa shape index (κ3) is 3.14. The van der Waals surface area contributed by atoms with Gasteiger partial charge in [0.25, 0.3) is 5.69 Å². The van der Waals surface area contributed by atoms with Crippen LogP contribution < -0.4 is 0 Å². The van der Waals surface area contributed by atoms with Crippen LogP contribution in [0.5, 0.6) is 0 Å². The van der Waals surface area contributed by atoms with Crippen LogP contribution in [0.1, 0.15) is 12.8 Å². The van der Waals surface area contributed by atoms with E-state index in [0.29, 0.717) is 6.61 Å². The normalized spacial score (nSPS) is 19.4. The number of nitro benzene ring substituents is 1. The van der Waals surface area contributed by atoms with E-state index in [1.165, 1.54) is 29.6 Å². The zero-order chi connectivity index (χ0) is 14.8. The average molecular weight is 300 g/mol. The van der Waals surface area contributed by atoms with Crippen molar-refractivity contribution in [2.45, 2.75) is 23.8 Å². The number of rotatable bonds is 5. The second-order valence-corrected chi connectivity index (χ2v) is 6.72. The predicted molar refractivity (Wildman–Crippen MR) is 71.9 cm³/mol. The second kappa shape index (κ2) is 5.86. The zero-order valence-corrected chi connectivity index (χ0v) is 11.9. The number of sulfonamides is 1. The molecule has 0 N–H and O–H groups in total. The van der Waals surface area contributed by atoms with E-state index in [9.17, 15) is 18.5 Å². The maximum absolute atomic E-state index is 12.3. The van der Waals surface area contributed by atoms with Crippen LogP contribution >= 0.6 is 0 Å². The van der Waals surface area contributed by atoms with Crippen LogP contribution in [0.4, 0.5) is 5.69 Å². The molecule has 1 aromatic rings. The molecule has 0 aliphatic carbocycles. The quantitative estimate of drug-likeness (QED) is 0.605. The van der Waals surface area contributed by atoms with Crippen molar-refractivity contribution in [3.05, 3.63) is 34.4 Å². The molecule has 0 radical (unpaired) electrons. The Morgan fingerprint density at radius 2 is 2.25 bits per heavy atom. The molecule has 1 unspecified atom stereocenters. The first-order valence-corrected chi connectivity index (χ1v) is 7.67. The van der Waals surface area contributed by atoms with Crippen LogP contribution in [0.2, 0.25) is 0 Å². The van der Waals surface area contributed by atoms with Gasteiger partial charge in [-0.3, -0.25) is 10.1 Å². The summed E-state index contributed by atoms with van der Waals surface area (Å²) in [5.74, 6) is 0. The highest BCUT2D eigenvalue weighted by molar-refractivity contribution is 7.89. The third-order valence-electron chi connectivity index (χ3n) is 3.22. The summed E-state index contributed by atoms with van der Waals surface area (Å²) in [6, 6.07) is 5.06. The molecule has 1 aliphatic rings. The molecular weight excluding hydrogens is 284 g/mol. The van der Waals surface area contributed by atoms with E-state index in [2.05, 4.69) is 0 Å². The van der Waals surface area contributed by atoms with Crippen LogP contribution in [0, 0.1) is 10.1 Å². The summed E-state index contributed by atoms with van der Waals surface area (Å²) in [7, 11) is -2.28. The van der Waals surface area contributed by atoms with Gasteiger partial charge in [0.1, 0.15) is 0 Å². The van der Waals surface area contributed by atoms with E-state index in [0.717, 1.165) is 18.9 Å². The Kier molecular flexibility index (Phi) is 4.36. The molecule has 110 valence electrons. The number of nitro groups is 1. The Hall–Kier alpha value is -1.51. The van der Waals surface area contributed by atoms with Crippen LogP contribution in [0.3, 0.4) is 0 Å². The van der Waals surface area contributed by atoms with Crippen molar-refractivity contribution < 1.29 is 18.1 Å². The van der Waals surface area contributed by atoms with E-state index < -0.39 is 14.9 Å². The van der Waals surface area contributed by atoms with Crippen molar-refractivity contribution >= 4 is 15.7 Å². The Balaban J connectivity index is 2.20. The van der Waals surface area contributed by atoms with E-state index in [4.69, 9.17) is 4.74 Å². The first-order valence-electron chi connectivity index (χ1n) is 6.23. The standard InChI is InChI=1S/C12H16N2O5S/c1-13(9-11-5-3-7-19-11)20(17,18)12-6-2-4-10(8-12)14(15)16/h2,4,6,8,11H,3,5,7,9H2,1H3. The Morgan fingerprint density at radius 1 is 1.50 bits per heavy atom. The molecule has 1 aliphatic heterocycles. The molecule has 20 heavy (non-hydrogen) atoms. The summed E-state index contributed by atoms with van der Waals surface area (Å²) in [5.41, 5.74) is -0.239. The summed E-state index contributed by atoms with van der Waals surface area (Å²) in [5, 5.41) is 10.7. The summed E-state index contributed by atoms with van der Waals surface area (Å²) in [4.78, 5) is 10.0. The number of ether oxygens (including phenoxy) is 1. The van der Waals surface area contributed by atoms with E-state index >= 15 is 0 Å². The molecule has 0 aromatic heterocycles. The summed E-state index contributed by atoms with van der Waals surface area (Å²) >= 11 is 0. The lowest BCUT2D eigenvalue weighted by atomic mass is 10.2. The fourth-order valence-corrected chi connectivity index (χ4v) is 3.35. The van der Waals surface area contributed by atoms with Gasteiger partial charge in [0.05, 0.1) is 15.9 Å². The number of hydrogen-bond acceptors (Lipinski definition) is 5. The number of non-ortho nitro benzene ring substituents is 1. The molecule has 1 saturated heterocycles. The van der Waals surface area contributed by atoms with Gasteiger partial charge in [-0.1, -0.05) is 6.07 Å². The monoisotopic (exact) mass is 300 g/mol. The van der Waals surface area contributed by atoms with Crippen molar-refractivity contribution in [1.82, 2.24) is 4.31 Å². The highest BCUT2D eigenvalue weighted by atomic mass is 32.2. The topological polar surface area (TPSA) is 89.8 Å². The fraction of sp³-hybridized carbons (Fsp3) is 0.500. The summed E-state index contributed by atoms with van der Waals surface area (Å²) in [6.45, 7) is 0.903. The molecule has 0 spiro atoms. The highest BCUT2D eigenvalue weighted by Crippen LogP contribution is 2.22. The van der Waals surface area contributed by atoms with Crippen molar-refractivity contribution in [3.63, 3.8) is 0 Å². The van der Waals surface area contributed by atoms with Crippen LogP contribution in [-0.4, -0.2) is 43.9 Å². The zero-order valence-electron chi connectivity index (χ0n) is 11.1. The average Bonchev–Trinajstić information content (AvgIpc) is 2.91. The molecule has 1 atom stereocenters. The number of likely N-dealkylation sites (N-methyl/N-ethyl adjacent to an activating group) is 1. The number of nitrogens with zero attached hydrogens (tertiary/aromatic N) is 2. The van der Waals surface area contributed by atoms with Gasteiger partial charge in [-0.2, -0.15) is 4.31 Å².